The largest absolute Gasteiger partial charge is 0.465 e. The van der Waals surface area contributed by atoms with Gasteiger partial charge < -0.3 is 102 Å². The van der Waals surface area contributed by atoms with Crippen molar-refractivity contribution in [2.24, 2.45) is 40.0 Å². The number of esters is 2. The van der Waals surface area contributed by atoms with Crippen LogP contribution in [-0.4, -0.2) is 200 Å². The molecule has 0 aromatic heterocycles. The summed E-state index contributed by atoms with van der Waals surface area (Å²) in [6.07, 6.45) is -6.57. The molecule has 0 bridgehead atoms. The van der Waals surface area contributed by atoms with Gasteiger partial charge in [-0.2, -0.15) is 0 Å². The predicted octanol–water partition coefficient (Wildman–Crippen LogP) is -6.05. The van der Waals surface area contributed by atoms with Crippen LogP contribution in [0.1, 0.15) is 112 Å². The van der Waals surface area contributed by atoms with Gasteiger partial charge in [-0.05, 0) is 117 Å². The van der Waals surface area contributed by atoms with Crippen LogP contribution in [0, 0.1) is 11.3 Å². The summed E-state index contributed by atoms with van der Waals surface area (Å²) in [5.74, 6) is -11.5. The summed E-state index contributed by atoms with van der Waals surface area (Å²) >= 11 is 0. The molecule has 490 valence electrons. The lowest BCUT2D eigenvalue weighted by atomic mass is 9.91. The number of carbonyl (C=O) groups excluding carboxylic acids is 12. The van der Waals surface area contributed by atoms with E-state index >= 15 is 0 Å². The summed E-state index contributed by atoms with van der Waals surface area (Å²) in [5, 5.41) is 46.7. The second kappa shape index (κ2) is 38.7. The van der Waals surface area contributed by atoms with Crippen molar-refractivity contribution < 1.29 is 77.2 Å². The van der Waals surface area contributed by atoms with Crippen molar-refractivity contribution in [3.05, 3.63) is 35.9 Å². The number of rotatable bonds is 28. The average Bonchev–Trinajstić information content (AvgIpc) is 2.86. The first-order valence-electron chi connectivity index (χ1n) is 29.4. The Kier molecular flexibility index (Phi) is 33.6. The molecule has 1 heterocycles. The molecular formula is C56H95N15O16. The number of nitrogens with one attached hydrogen (secondary N) is 10. The first kappa shape index (κ1) is 75.7. The fourth-order valence-corrected chi connectivity index (χ4v) is 8.61. The molecule has 10 amide bonds. The summed E-state index contributed by atoms with van der Waals surface area (Å²) in [5.41, 5.74) is 29.0. The van der Waals surface area contributed by atoms with Crippen molar-refractivity contribution >= 4 is 71.0 Å². The molecule has 0 saturated carbocycles. The van der Waals surface area contributed by atoms with E-state index in [2.05, 4.69) is 53.2 Å². The van der Waals surface area contributed by atoms with E-state index in [1.54, 1.807) is 65.0 Å². The molecule has 2 unspecified atom stereocenters. The van der Waals surface area contributed by atoms with Crippen LogP contribution in [0.4, 0.5) is 0 Å². The molecule has 1 fully saturated rings. The van der Waals surface area contributed by atoms with Gasteiger partial charge in [-0.1, -0.05) is 51.1 Å². The van der Waals surface area contributed by atoms with Gasteiger partial charge in [0, 0.05) is 19.4 Å². The van der Waals surface area contributed by atoms with Crippen molar-refractivity contribution in [3.8, 4) is 0 Å². The molecule has 2 rings (SSSR count). The van der Waals surface area contributed by atoms with Gasteiger partial charge >= 0.3 is 11.9 Å². The molecule has 12 atom stereocenters. The van der Waals surface area contributed by atoms with Crippen LogP contribution in [0.25, 0.3) is 0 Å². The Balaban J connectivity index is 2.67. The van der Waals surface area contributed by atoms with E-state index in [9.17, 15) is 67.7 Å². The quantitative estimate of drug-likeness (QED) is 0.0347. The lowest BCUT2D eigenvalue weighted by molar-refractivity contribution is -0.161. The van der Waals surface area contributed by atoms with E-state index in [0.29, 0.717) is 12.0 Å². The lowest BCUT2D eigenvalue weighted by Gasteiger charge is -2.29. The molecule has 1 aromatic carbocycles. The van der Waals surface area contributed by atoms with Crippen LogP contribution in [0.2, 0.25) is 0 Å². The topological polar surface area (TPSA) is 514 Å². The minimum atomic E-state index is -1.82. The van der Waals surface area contributed by atoms with E-state index in [1.165, 1.54) is 6.92 Å². The number of nitrogens with two attached hydrogens (primary N) is 5. The Morgan fingerprint density at radius 2 is 1.14 bits per heavy atom. The Bertz CT molecular complexity index is 2450. The Morgan fingerprint density at radius 3 is 1.64 bits per heavy atom. The number of aliphatic hydroxyl groups excluding tert-OH is 2. The van der Waals surface area contributed by atoms with Gasteiger partial charge in [0.2, 0.25) is 53.2 Å². The summed E-state index contributed by atoms with van der Waals surface area (Å²) in [4.78, 5) is 166. The third kappa shape index (κ3) is 26.2. The maximum atomic E-state index is 14.5. The Hall–Kier alpha value is -7.42. The number of ether oxygens (including phenoxy) is 2. The zero-order chi connectivity index (χ0) is 65.6. The van der Waals surface area contributed by atoms with Gasteiger partial charge in [0.25, 0.3) is 5.91 Å². The molecule has 0 spiro atoms. The Labute approximate surface area is 507 Å². The predicted molar refractivity (Wildman–Crippen MR) is 316 cm³/mol. The van der Waals surface area contributed by atoms with Crippen molar-refractivity contribution in [3.63, 3.8) is 0 Å². The summed E-state index contributed by atoms with van der Waals surface area (Å²) in [7, 11) is 0. The van der Waals surface area contributed by atoms with E-state index < -0.39 is 169 Å². The fourth-order valence-electron chi connectivity index (χ4n) is 8.61. The smallest absolute Gasteiger partial charge is 0.311 e. The van der Waals surface area contributed by atoms with Crippen LogP contribution in [0.5, 0.6) is 0 Å². The van der Waals surface area contributed by atoms with E-state index in [-0.39, 0.29) is 90.2 Å². The summed E-state index contributed by atoms with van der Waals surface area (Å²) < 4.78 is 10.5. The first-order chi connectivity index (χ1) is 41.1. The highest BCUT2D eigenvalue weighted by Crippen LogP contribution is 2.21. The highest BCUT2D eigenvalue weighted by molar-refractivity contribution is 5.99. The standard InChI is InChI=1S/C56H95N15O16/c1-8-56(6,7)55(85)86-27-20-42(74)87-41(18-25-61)52(82)71-44(32(5)73)54(84)67-36(16-23-59)46(76)66-38-19-26-62-53(83)43(31(4)72)70-49(79)37(17-24-60)64-45(75)34(14-21-57)65-50(80)39(28-30(2)3)68-51(81)40(29-33-12-10-9-11-13-33)69-47(77)35(15-22-58)63-48(38)78/h9-13,30-32,34-41,43-44,72-73H,8,14-29,57-61H2,1-7H3,(H,62,83)(H,63,78)(H,64,75)(H,65,80)(H,66,76)(H,67,84)(H,68,81)(H,69,77)(H,70,79)(H,71,82)/t31?,32?,34-,35-,36-,37-,38-,39-,40+,41-,43-,44-/m0/s1. The minimum absolute atomic E-state index is 0.0314. The third-order valence-electron chi connectivity index (χ3n) is 14.1. The van der Waals surface area contributed by atoms with Crippen LogP contribution in [0.3, 0.4) is 0 Å². The maximum Gasteiger partial charge on any atom is 0.311 e. The monoisotopic (exact) mass is 1230 g/mol. The second-order valence-electron chi connectivity index (χ2n) is 22.3. The van der Waals surface area contributed by atoms with Crippen molar-refractivity contribution in [2.75, 3.05) is 45.9 Å². The average molecular weight is 1230 g/mol. The SMILES string of the molecule is CCC(C)(C)C(=O)OCCC(=O)O[C@@H](CCN)C(=O)N[C@H](C(=O)N[C@@H](CCN)C(=O)N[C@H]1CCNC(=O)[C@H](C(C)O)NC(=O)[C@H](CCN)NC(=O)[C@H](CCN)NC(=O)[C@H](CC(C)C)NC(=O)[C@@H](Cc2ccccc2)NC(=O)[C@H](CCN)NC1=O)C(C)O. The van der Waals surface area contributed by atoms with Crippen LogP contribution >= 0.6 is 0 Å². The van der Waals surface area contributed by atoms with E-state index in [4.69, 9.17) is 38.1 Å². The van der Waals surface area contributed by atoms with Crippen LogP contribution in [0.15, 0.2) is 30.3 Å². The number of benzene rings is 1. The Morgan fingerprint density at radius 1 is 0.632 bits per heavy atom. The second-order valence-corrected chi connectivity index (χ2v) is 22.3. The molecule has 1 aromatic rings. The summed E-state index contributed by atoms with van der Waals surface area (Å²) in [6.45, 7) is 9.18. The molecule has 22 N–H and O–H groups in total. The minimum Gasteiger partial charge on any atom is -0.465 e. The molecule has 31 heteroatoms. The molecule has 1 aliphatic rings. The van der Waals surface area contributed by atoms with E-state index in [1.807, 2.05) is 0 Å². The molecule has 31 nitrogen and oxygen atoms in total. The third-order valence-corrected chi connectivity index (χ3v) is 14.1. The number of hydrogen-bond donors (Lipinski definition) is 17. The van der Waals surface area contributed by atoms with Crippen LogP contribution in [-0.2, 0) is 73.4 Å². The summed E-state index contributed by atoms with van der Waals surface area (Å²) in [6, 6.07) is -5.44. The molecule has 87 heavy (non-hydrogen) atoms. The molecule has 0 radical (unpaired) electrons. The zero-order valence-corrected chi connectivity index (χ0v) is 50.9. The number of carbonyl (C=O) groups is 12. The van der Waals surface area contributed by atoms with Gasteiger partial charge in [0.1, 0.15) is 61.0 Å². The number of hydrogen-bond acceptors (Lipinski definition) is 21. The van der Waals surface area contributed by atoms with Gasteiger partial charge in [0.15, 0.2) is 6.10 Å². The molecule has 0 aliphatic carbocycles. The molecule has 1 aliphatic heterocycles. The zero-order valence-electron chi connectivity index (χ0n) is 50.9. The number of aliphatic hydroxyl groups is 2. The van der Waals surface area contributed by atoms with Crippen LogP contribution < -0.4 is 81.8 Å². The normalized spacial score (nSPS) is 22.4. The number of amides is 10. The molecule has 1 saturated heterocycles. The van der Waals surface area contributed by atoms with Crippen molar-refractivity contribution in [2.45, 2.75) is 185 Å². The lowest BCUT2D eigenvalue weighted by Crippen LogP contribution is -2.61. The maximum absolute atomic E-state index is 14.5. The first-order valence-corrected chi connectivity index (χ1v) is 29.4. The van der Waals surface area contributed by atoms with Crippen molar-refractivity contribution in [1.29, 1.82) is 0 Å². The van der Waals surface area contributed by atoms with Crippen molar-refractivity contribution in [1.82, 2.24) is 53.2 Å². The fraction of sp³-hybridized carbons (Fsp3) is 0.679. The van der Waals surface area contributed by atoms with Gasteiger partial charge in [-0.15, -0.1) is 0 Å². The van der Waals surface area contributed by atoms with Gasteiger partial charge in [-0.25, -0.2) is 0 Å². The molecular weight excluding hydrogens is 1140 g/mol. The van der Waals surface area contributed by atoms with E-state index in [0.717, 1.165) is 6.92 Å². The van der Waals surface area contributed by atoms with Gasteiger partial charge in [-0.3, -0.25) is 57.5 Å². The highest BCUT2D eigenvalue weighted by atomic mass is 16.6. The van der Waals surface area contributed by atoms with Gasteiger partial charge in [0.05, 0.1) is 24.0 Å². The highest BCUT2D eigenvalue weighted by Gasteiger charge is 2.38.